The monoisotopic (exact) mass is 227 g/mol. The van der Waals surface area contributed by atoms with E-state index in [-0.39, 0.29) is 12.6 Å². The van der Waals surface area contributed by atoms with Crippen LogP contribution < -0.4 is 4.90 Å². The summed E-state index contributed by atoms with van der Waals surface area (Å²) in [5.41, 5.74) is 0.875. The van der Waals surface area contributed by atoms with E-state index in [1.165, 1.54) is 0 Å². The predicted molar refractivity (Wildman–Crippen MR) is 59.2 cm³/mol. The quantitative estimate of drug-likeness (QED) is 0.776. The van der Waals surface area contributed by atoms with Crippen molar-refractivity contribution in [1.82, 2.24) is 9.97 Å². The molecule has 1 aromatic rings. The summed E-state index contributed by atoms with van der Waals surface area (Å²) in [4.78, 5) is 10.5. The molecule has 1 atom stereocenters. The van der Waals surface area contributed by atoms with Crippen molar-refractivity contribution >= 4 is 17.5 Å². The molecule has 0 spiro atoms. The third-order valence-electron chi connectivity index (χ3n) is 2.74. The van der Waals surface area contributed by atoms with E-state index >= 15 is 0 Å². The predicted octanol–water partition coefficient (Wildman–Crippen LogP) is 1.40. The molecule has 1 aliphatic rings. The Morgan fingerprint density at radius 2 is 2.47 bits per heavy atom. The number of hydrogen-bond donors (Lipinski definition) is 1. The summed E-state index contributed by atoms with van der Waals surface area (Å²) in [5.74, 6) is 0.627. The van der Waals surface area contributed by atoms with Crippen molar-refractivity contribution in [1.29, 1.82) is 0 Å². The van der Waals surface area contributed by atoms with Gasteiger partial charge in [-0.2, -0.15) is 0 Å². The fourth-order valence-corrected chi connectivity index (χ4v) is 1.96. The van der Waals surface area contributed by atoms with Gasteiger partial charge in [-0.3, -0.25) is 0 Å². The zero-order chi connectivity index (χ0) is 10.8. The average Bonchev–Trinajstić information content (AvgIpc) is 2.70. The van der Waals surface area contributed by atoms with Crippen LogP contribution in [-0.2, 0) is 0 Å². The number of aliphatic hydroxyl groups excluding tert-OH is 1. The topological polar surface area (TPSA) is 49.2 Å². The lowest BCUT2D eigenvalue weighted by atomic mass is 10.2. The molecule has 0 unspecified atom stereocenters. The molecule has 0 aliphatic carbocycles. The van der Waals surface area contributed by atoms with Gasteiger partial charge >= 0.3 is 0 Å². The van der Waals surface area contributed by atoms with Crippen LogP contribution >= 0.6 is 11.6 Å². The molecule has 0 bridgehead atoms. The molecule has 1 aromatic heterocycles. The van der Waals surface area contributed by atoms with Crippen LogP contribution in [0.4, 0.5) is 5.95 Å². The molecule has 1 saturated heterocycles. The van der Waals surface area contributed by atoms with Gasteiger partial charge in [0.25, 0.3) is 0 Å². The van der Waals surface area contributed by atoms with Gasteiger partial charge in [0.2, 0.25) is 5.95 Å². The molecule has 0 saturated carbocycles. The lowest BCUT2D eigenvalue weighted by Crippen LogP contribution is -2.33. The third-order valence-corrected chi connectivity index (χ3v) is 3.12. The highest BCUT2D eigenvalue weighted by Gasteiger charge is 2.26. The number of aryl methyl sites for hydroxylation is 1. The first kappa shape index (κ1) is 10.6. The van der Waals surface area contributed by atoms with E-state index in [1.54, 1.807) is 6.20 Å². The summed E-state index contributed by atoms with van der Waals surface area (Å²) in [6.45, 7) is 2.92. The smallest absolute Gasteiger partial charge is 0.227 e. The SMILES string of the molecule is Cc1cnc(N2CCC[C@H]2CO)nc1Cl. The Labute approximate surface area is 93.9 Å². The molecule has 2 heterocycles. The molecule has 15 heavy (non-hydrogen) atoms. The maximum Gasteiger partial charge on any atom is 0.227 e. The average molecular weight is 228 g/mol. The fraction of sp³-hybridized carbons (Fsp3) is 0.600. The van der Waals surface area contributed by atoms with Crippen LogP contribution in [0.2, 0.25) is 5.15 Å². The molecule has 0 amide bonds. The van der Waals surface area contributed by atoms with Crippen molar-refractivity contribution in [3.05, 3.63) is 16.9 Å². The van der Waals surface area contributed by atoms with Crippen LogP contribution in [0, 0.1) is 6.92 Å². The molecule has 2 rings (SSSR count). The van der Waals surface area contributed by atoms with Crippen molar-refractivity contribution in [2.24, 2.45) is 0 Å². The molecule has 1 N–H and O–H groups in total. The van der Waals surface area contributed by atoms with Crippen LogP contribution in [0.1, 0.15) is 18.4 Å². The largest absolute Gasteiger partial charge is 0.394 e. The van der Waals surface area contributed by atoms with Crippen LogP contribution in [0.3, 0.4) is 0 Å². The number of nitrogens with zero attached hydrogens (tertiary/aromatic N) is 3. The molecule has 0 aromatic carbocycles. The van der Waals surface area contributed by atoms with Gasteiger partial charge in [-0.15, -0.1) is 0 Å². The molecule has 1 aliphatic heterocycles. The number of aromatic nitrogens is 2. The second kappa shape index (κ2) is 4.33. The maximum atomic E-state index is 9.19. The Hall–Kier alpha value is -0.870. The fourth-order valence-electron chi connectivity index (χ4n) is 1.84. The third kappa shape index (κ3) is 2.06. The normalized spacial score (nSPS) is 21.0. The second-order valence-corrected chi connectivity index (χ2v) is 4.17. The van der Waals surface area contributed by atoms with E-state index < -0.39 is 0 Å². The van der Waals surface area contributed by atoms with E-state index in [2.05, 4.69) is 9.97 Å². The summed E-state index contributed by atoms with van der Waals surface area (Å²) < 4.78 is 0. The molecule has 5 heteroatoms. The Morgan fingerprint density at radius 3 is 3.13 bits per heavy atom. The first-order chi connectivity index (χ1) is 7.22. The Morgan fingerprint density at radius 1 is 1.67 bits per heavy atom. The Kier molecular flexibility index (Phi) is 3.07. The summed E-state index contributed by atoms with van der Waals surface area (Å²) >= 11 is 5.94. The van der Waals surface area contributed by atoms with E-state index in [0.717, 1.165) is 24.9 Å². The van der Waals surface area contributed by atoms with Crippen LogP contribution in [0.5, 0.6) is 0 Å². The van der Waals surface area contributed by atoms with Gasteiger partial charge in [0.05, 0.1) is 12.6 Å². The van der Waals surface area contributed by atoms with Gasteiger partial charge in [0.1, 0.15) is 5.15 Å². The van der Waals surface area contributed by atoms with Gasteiger partial charge in [0.15, 0.2) is 0 Å². The first-order valence-electron chi connectivity index (χ1n) is 5.09. The van der Waals surface area contributed by atoms with Gasteiger partial charge in [-0.05, 0) is 19.8 Å². The summed E-state index contributed by atoms with van der Waals surface area (Å²) in [5, 5.41) is 9.68. The lowest BCUT2D eigenvalue weighted by Gasteiger charge is -2.22. The minimum absolute atomic E-state index is 0.142. The molecular formula is C10H14ClN3O. The number of halogens is 1. The highest BCUT2D eigenvalue weighted by atomic mass is 35.5. The molecule has 1 fully saturated rings. The highest BCUT2D eigenvalue weighted by Crippen LogP contribution is 2.23. The Balaban J connectivity index is 2.25. The van der Waals surface area contributed by atoms with Gasteiger partial charge in [0, 0.05) is 18.3 Å². The molecule has 82 valence electrons. The zero-order valence-corrected chi connectivity index (χ0v) is 9.41. The van der Waals surface area contributed by atoms with Crippen molar-refractivity contribution in [2.75, 3.05) is 18.1 Å². The summed E-state index contributed by atoms with van der Waals surface area (Å²) in [6, 6.07) is 0.142. The lowest BCUT2D eigenvalue weighted by molar-refractivity contribution is 0.265. The van der Waals surface area contributed by atoms with Crippen LogP contribution in [-0.4, -0.2) is 34.3 Å². The van der Waals surface area contributed by atoms with Crippen molar-refractivity contribution in [3.63, 3.8) is 0 Å². The van der Waals surface area contributed by atoms with E-state index in [1.807, 2.05) is 11.8 Å². The number of rotatable bonds is 2. The standard InChI is InChI=1S/C10H14ClN3O/c1-7-5-12-10(13-9(7)11)14-4-2-3-8(14)6-15/h5,8,15H,2-4,6H2,1H3/t8-/m0/s1. The molecule has 0 radical (unpaired) electrons. The number of hydrogen-bond acceptors (Lipinski definition) is 4. The van der Waals surface area contributed by atoms with E-state index in [9.17, 15) is 5.11 Å². The Bertz CT molecular complexity index is 359. The minimum Gasteiger partial charge on any atom is -0.394 e. The van der Waals surface area contributed by atoms with E-state index in [4.69, 9.17) is 11.6 Å². The highest BCUT2D eigenvalue weighted by molar-refractivity contribution is 6.30. The van der Waals surface area contributed by atoms with Crippen molar-refractivity contribution in [2.45, 2.75) is 25.8 Å². The zero-order valence-electron chi connectivity index (χ0n) is 8.65. The number of anilines is 1. The number of aliphatic hydroxyl groups is 1. The molecule has 4 nitrogen and oxygen atoms in total. The van der Waals surface area contributed by atoms with Gasteiger partial charge < -0.3 is 10.0 Å². The van der Waals surface area contributed by atoms with Crippen LogP contribution in [0.15, 0.2) is 6.20 Å². The second-order valence-electron chi connectivity index (χ2n) is 3.82. The van der Waals surface area contributed by atoms with Crippen LogP contribution in [0.25, 0.3) is 0 Å². The van der Waals surface area contributed by atoms with Gasteiger partial charge in [-0.1, -0.05) is 11.6 Å². The maximum absolute atomic E-state index is 9.19. The van der Waals surface area contributed by atoms with Crippen molar-refractivity contribution in [3.8, 4) is 0 Å². The van der Waals surface area contributed by atoms with Crippen molar-refractivity contribution < 1.29 is 5.11 Å². The van der Waals surface area contributed by atoms with E-state index in [0.29, 0.717) is 11.1 Å². The first-order valence-corrected chi connectivity index (χ1v) is 5.47. The summed E-state index contributed by atoms with van der Waals surface area (Å²) in [6.07, 6.45) is 3.78. The molecular weight excluding hydrogens is 214 g/mol. The summed E-state index contributed by atoms with van der Waals surface area (Å²) in [7, 11) is 0. The minimum atomic E-state index is 0.142. The van der Waals surface area contributed by atoms with Gasteiger partial charge in [-0.25, -0.2) is 9.97 Å².